The second-order valence-electron chi connectivity index (χ2n) is 6.01. The number of ether oxygens (including phenoxy) is 1. The number of aromatic nitrogens is 4. The molecule has 0 spiro atoms. The molecule has 1 aliphatic heterocycles. The minimum atomic E-state index is -0.361. The Bertz CT molecular complexity index is 714. The van der Waals surface area contributed by atoms with Crippen molar-refractivity contribution in [1.29, 1.82) is 0 Å². The average molecular weight is 330 g/mol. The number of nitrogens with zero attached hydrogens (tertiary/aromatic N) is 5. The molecule has 1 saturated heterocycles. The van der Waals surface area contributed by atoms with E-state index in [1.165, 1.54) is 0 Å². The Morgan fingerprint density at radius 3 is 2.96 bits per heavy atom. The number of amides is 1. The van der Waals surface area contributed by atoms with Crippen LogP contribution in [0.1, 0.15) is 26.5 Å². The summed E-state index contributed by atoms with van der Waals surface area (Å²) >= 11 is 0. The molecule has 128 valence electrons. The molecule has 2 aromatic heterocycles. The fraction of sp³-hybridized carbons (Fsp3) is 0.500. The highest BCUT2D eigenvalue weighted by Gasteiger charge is 2.37. The van der Waals surface area contributed by atoms with Gasteiger partial charge in [0, 0.05) is 18.9 Å². The van der Waals surface area contributed by atoms with E-state index in [-0.39, 0.29) is 18.1 Å². The molecule has 0 aromatic carbocycles. The lowest BCUT2D eigenvalue weighted by Gasteiger charge is -2.23. The zero-order chi connectivity index (χ0) is 17.1. The summed E-state index contributed by atoms with van der Waals surface area (Å²) in [5, 5.41) is 7.55. The maximum Gasteiger partial charge on any atom is 0.415 e. The van der Waals surface area contributed by atoms with Crippen LogP contribution in [0.2, 0.25) is 0 Å². The zero-order valence-electron chi connectivity index (χ0n) is 14.1. The number of cyclic esters (lactones) is 1. The van der Waals surface area contributed by atoms with E-state index in [2.05, 4.69) is 34.2 Å². The Balaban J connectivity index is 1.72. The minimum absolute atomic E-state index is 0.0134. The molecule has 1 atom stereocenters. The zero-order valence-corrected chi connectivity index (χ0v) is 14.1. The normalized spacial score (nSPS) is 17.4. The van der Waals surface area contributed by atoms with Crippen molar-refractivity contribution in [2.45, 2.75) is 39.9 Å². The number of carbonyl (C=O) groups excluding carboxylic acids is 1. The van der Waals surface area contributed by atoms with Crippen molar-refractivity contribution in [1.82, 2.24) is 19.7 Å². The number of hydrogen-bond acceptors (Lipinski definition) is 6. The molecule has 8 heteroatoms. The fourth-order valence-electron chi connectivity index (χ4n) is 2.60. The van der Waals surface area contributed by atoms with Crippen molar-refractivity contribution in [2.75, 3.05) is 16.8 Å². The first-order chi connectivity index (χ1) is 11.6. The highest BCUT2D eigenvalue weighted by atomic mass is 16.6. The van der Waals surface area contributed by atoms with Crippen molar-refractivity contribution in [3.05, 3.63) is 30.2 Å². The van der Waals surface area contributed by atoms with Gasteiger partial charge in [-0.15, -0.1) is 0 Å². The predicted molar refractivity (Wildman–Crippen MR) is 89.7 cm³/mol. The summed E-state index contributed by atoms with van der Waals surface area (Å²) in [4.78, 5) is 22.3. The van der Waals surface area contributed by atoms with Gasteiger partial charge in [0.15, 0.2) is 0 Å². The standard InChI is InChI=1S/C16H22N6O2/c1-4-21-8-6-12(20-21)9-18-15-17-7-5-14(19-15)22-13(11(2)3)10-24-16(22)23/h5-8,11,13H,4,9-10H2,1-3H3,(H,17,18,19). The third kappa shape index (κ3) is 3.32. The predicted octanol–water partition coefficient (Wildman–Crippen LogP) is 2.29. The van der Waals surface area contributed by atoms with Gasteiger partial charge in [0.05, 0.1) is 18.3 Å². The van der Waals surface area contributed by atoms with Crippen LogP contribution in [-0.2, 0) is 17.8 Å². The van der Waals surface area contributed by atoms with Gasteiger partial charge in [0.2, 0.25) is 5.95 Å². The van der Waals surface area contributed by atoms with E-state index in [4.69, 9.17) is 4.74 Å². The highest BCUT2D eigenvalue weighted by molar-refractivity contribution is 5.89. The van der Waals surface area contributed by atoms with E-state index in [1.54, 1.807) is 17.2 Å². The van der Waals surface area contributed by atoms with Gasteiger partial charge in [-0.25, -0.2) is 9.78 Å². The summed E-state index contributed by atoms with van der Waals surface area (Å²) in [5.41, 5.74) is 0.909. The Labute approximate surface area is 140 Å². The lowest BCUT2D eigenvalue weighted by atomic mass is 10.0. The molecule has 1 unspecified atom stereocenters. The Hall–Kier alpha value is -2.64. The highest BCUT2D eigenvalue weighted by Crippen LogP contribution is 2.25. The van der Waals surface area contributed by atoms with Gasteiger partial charge in [-0.3, -0.25) is 9.58 Å². The molecule has 8 nitrogen and oxygen atoms in total. The van der Waals surface area contributed by atoms with Crippen molar-refractivity contribution >= 4 is 17.9 Å². The monoisotopic (exact) mass is 330 g/mol. The SMILES string of the molecule is CCn1ccc(CNc2nccc(N3C(=O)OCC3C(C)C)n2)n1. The number of aryl methyl sites for hydroxylation is 1. The summed E-state index contributed by atoms with van der Waals surface area (Å²) in [6.07, 6.45) is 3.21. The molecule has 1 aliphatic rings. The first-order valence-corrected chi connectivity index (χ1v) is 8.13. The summed E-state index contributed by atoms with van der Waals surface area (Å²) in [6.45, 7) is 7.90. The van der Waals surface area contributed by atoms with Crippen LogP contribution in [0, 0.1) is 5.92 Å². The second-order valence-corrected chi connectivity index (χ2v) is 6.01. The van der Waals surface area contributed by atoms with E-state index in [9.17, 15) is 4.79 Å². The molecule has 2 aromatic rings. The molecular formula is C16H22N6O2. The third-order valence-corrected chi connectivity index (χ3v) is 4.01. The van der Waals surface area contributed by atoms with Crippen LogP contribution < -0.4 is 10.2 Å². The summed E-state index contributed by atoms with van der Waals surface area (Å²) < 4.78 is 7.03. The summed E-state index contributed by atoms with van der Waals surface area (Å²) in [6, 6.07) is 3.66. The molecular weight excluding hydrogens is 308 g/mol. The number of rotatable bonds is 6. The van der Waals surface area contributed by atoms with E-state index in [0.717, 1.165) is 12.2 Å². The molecule has 3 heterocycles. The van der Waals surface area contributed by atoms with E-state index in [1.807, 2.05) is 23.9 Å². The van der Waals surface area contributed by atoms with Crippen LogP contribution in [0.25, 0.3) is 0 Å². The number of nitrogens with one attached hydrogen (secondary N) is 1. The molecule has 24 heavy (non-hydrogen) atoms. The largest absolute Gasteiger partial charge is 0.447 e. The van der Waals surface area contributed by atoms with Gasteiger partial charge in [0.1, 0.15) is 12.4 Å². The van der Waals surface area contributed by atoms with Gasteiger partial charge in [0.25, 0.3) is 0 Å². The number of hydrogen-bond donors (Lipinski definition) is 1. The summed E-state index contributed by atoms with van der Waals surface area (Å²) in [7, 11) is 0. The average Bonchev–Trinajstić information content (AvgIpc) is 3.19. The maximum atomic E-state index is 12.0. The van der Waals surface area contributed by atoms with Gasteiger partial charge in [-0.05, 0) is 25.0 Å². The van der Waals surface area contributed by atoms with Crippen LogP contribution in [0.4, 0.5) is 16.6 Å². The Kier molecular flexibility index (Phi) is 4.64. The van der Waals surface area contributed by atoms with Crippen LogP contribution in [0.15, 0.2) is 24.5 Å². The van der Waals surface area contributed by atoms with Crippen LogP contribution in [0.5, 0.6) is 0 Å². The fourth-order valence-corrected chi connectivity index (χ4v) is 2.60. The van der Waals surface area contributed by atoms with Gasteiger partial charge < -0.3 is 10.1 Å². The molecule has 0 bridgehead atoms. The molecule has 0 radical (unpaired) electrons. The lowest BCUT2D eigenvalue weighted by Crippen LogP contribution is -2.37. The smallest absolute Gasteiger partial charge is 0.415 e. The molecule has 1 N–H and O–H groups in total. The maximum absolute atomic E-state index is 12.0. The lowest BCUT2D eigenvalue weighted by molar-refractivity contribution is 0.177. The minimum Gasteiger partial charge on any atom is -0.447 e. The van der Waals surface area contributed by atoms with Crippen molar-refractivity contribution in [2.24, 2.45) is 5.92 Å². The van der Waals surface area contributed by atoms with Crippen LogP contribution >= 0.6 is 0 Å². The quantitative estimate of drug-likeness (QED) is 0.874. The van der Waals surface area contributed by atoms with E-state index in [0.29, 0.717) is 24.9 Å². The van der Waals surface area contributed by atoms with Crippen molar-refractivity contribution in [3.63, 3.8) is 0 Å². The van der Waals surface area contributed by atoms with Crippen LogP contribution in [0.3, 0.4) is 0 Å². The molecule has 1 amide bonds. The Morgan fingerprint density at radius 1 is 1.42 bits per heavy atom. The van der Waals surface area contributed by atoms with Crippen LogP contribution in [-0.4, -0.2) is 38.5 Å². The molecule has 0 saturated carbocycles. The van der Waals surface area contributed by atoms with Crippen molar-refractivity contribution in [3.8, 4) is 0 Å². The van der Waals surface area contributed by atoms with Gasteiger partial charge in [-0.2, -0.15) is 10.1 Å². The number of carbonyl (C=O) groups is 1. The van der Waals surface area contributed by atoms with E-state index < -0.39 is 0 Å². The molecule has 3 rings (SSSR count). The van der Waals surface area contributed by atoms with Crippen molar-refractivity contribution < 1.29 is 9.53 Å². The summed E-state index contributed by atoms with van der Waals surface area (Å²) in [5.74, 6) is 1.29. The number of anilines is 2. The molecule has 0 aliphatic carbocycles. The topological polar surface area (TPSA) is 85.2 Å². The van der Waals surface area contributed by atoms with E-state index >= 15 is 0 Å². The third-order valence-electron chi connectivity index (χ3n) is 4.01. The second kappa shape index (κ2) is 6.86. The Morgan fingerprint density at radius 2 is 2.25 bits per heavy atom. The van der Waals surface area contributed by atoms with Gasteiger partial charge >= 0.3 is 6.09 Å². The first-order valence-electron chi connectivity index (χ1n) is 8.13. The van der Waals surface area contributed by atoms with Gasteiger partial charge in [-0.1, -0.05) is 13.8 Å². The first kappa shape index (κ1) is 16.2. The molecule has 1 fully saturated rings.